The van der Waals surface area contributed by atoms with Gasteiger partial charge >= 0.3 is 6.03 Å². The lowest BCUT2D eigenvalue weighted by molar-refractivity contribution is -0.123. The maximum absolute atomic E-state index is 14.2. The van der Waals surface area contributed by atoms with Crippen LogP contribution < -0.4 is 10.6 Å². The maximum Gasteiger partial charge on any atom is 0.318 e. The first-order valence-corrected chi connectivity index (χ1v) is 14.9. The van der Waals surface area contributed by atoms with E-state index < -0.39 is 18.0 Å². The Kier molecular flexibility index (Phi) is 11.5. The number of hydrogen-bond acceptors (Lipinski definition) is 7. The molecule has 10 nitrogen and oxygen atoms in total. The molecule has 1 aromatic heterocycles. The van der Waals surface area contributed by atoms with Gasteiger partial charge in [-0.1, -0.05) is 62.4 Å². The molecule has 0 aliphatic carbocycles. The Morgan fingerprint density at radius 3 is 2.21 bits per heavy atom. The molecule has 1 saturated heterocycles. The van der Waals surface area contributed by atoms with E-state index in [0.29, 0.717) is 63.7 Å². The van der Waals surface area contributed by atoms with Crippen LogP contribution in [0, 0.1) is 5.92 Å². The third kappa shape index (κ3) is 9.23. The van der Waals surface area contributed by atoms with E-state index in [1.165, 1.54) is 0 Å². The Labute approximate surface area is 253 Å². The summed E-state index contributed by atoms with van der Waals surface area (Å²) in [5.41, 5.74) is 2.31. The second-order valence-corrected chi connectivity index (χ2v) is 11.6. The molecule has 3 aromatic rings. The normalized spacial score (nSPS) is 14.9. The van der Waals surface area contributed by atoms with Gasteiger partial charge in [-0.05, 0) is 57.0 Å². The lowest BCUT2D eigenvalue weighted by Crippen LogP contribution is -2.56. The minimum atomic E-state index is -0.889. The highest BCUT2D eigenvalue weighted by molar-refractivity contribution is 6.01. The van der Waals surface area contributed by atoms with Crippen LogP contribution in [0.5, 0.6) is 0 Å². The highest BCUT2D eigenvalue weighted by Gasteiger charge is 2.32. The Morgan fingerprint density at radius 1 is 0.930 bits per heavy atom. The first-order chi connectivity index (χ1) is 20.7. The number of oxazole rings is 1. The van der Waals surface area contributed by atoms with Gasteiger partial charge in [0.2, 0.25) is 17.6 Å². The smallest absolute Gasteiger partial charge is 0.318 e. The second-order valence-electron chi connectivity index (χ2n) is 11.6. The number of hydrogen-bond donors (Lipinski definition) is 2. The number of ether oxygens (including phenoxy) is 1. The van der Waals surface area contributed by atoms with E-state index in [4.69, 9.17) is 9.15 Å². The summed E-state index contributed by atoms with van der Waals surface area (Å²) < 4.78 is 11.5. The molecule has 2 heterocycles. The number of benzene rings is 2. The molecular weight excluding hydrogens is 546 g/mol. The Hall–Kier alpha value is -4.02. The zero-order chi connectivity index (χ0) is 30.8. The highest BCUT2D eigenvalue weighted by atomic mass is 16.5. The van der Waals surface area contributed by atoms with Crippen molar-refractivity contribution in [3.8, 4) is 11.5 Å². The number of morpholine rings is 1. The third-order valence-corrected chi connectivity index (χ3v) is 7.22. The summed E-state index contributed by atoms with van der Waals surface area (Å²) in [4.78, 5) is 49.2. The number of aryl methyl sites for hydroxylation is 1. The molecule has 1 fully saturated rings. The predicted octanol–water partition coefficient (Wildman–Crippen LogP) is 4.16. The van der Waals surface area contributed by atoms with E-state index in [1.54, 1.807) is 4.90 Å². The molecule has 4 rings (SSSR count). The first kappa shape index (κ1) is 31.9. The molecule has 2 unspecified atom stereocenters. The van der Waals surface area contributed by atoms with E-state index in [2.05, 4.69) is 15.6 Å². The van der Waals surface area contributed by atoms with Crippen LogP contribution in [0.25, 0.3) is 11.5 Å². The number of ketones is 1. The van der Waals surface area contributed by atoms with Crippen molar-refractivity contribution in [3.63, 3.8) is 0 Å². The lowest BCUT2D eigenvalue weighted by atomic mass is 9.98. The van der Waals surface area contributed by atoms with Crippen LogP contribution in [-0.2, 0) is 22.5 Å². The summed E-state index contributed by atoms with van der Waals surface area (Å²) in [6.07, 6.45) is 1.34. The Morgan fingerprint density at radius 2 is 1.58 bits per heavy atom. The van der Waals surface area contributed by atoms with Crippen molar-refractivity contribution in [1.29, 1.82) is 0 Å². The largest absolute Gasteiger partial charge is 0.433 e. The van der Waals surface area contributed by atoms with Crippen molar-refractivity contribution in [3.05, 3.63) is 77.7 Å². The molecular formula is C33H43N5O5. The molecule has 2 N–H and O–H groups in total. The summed E-state index contributed by atoms with van der Waals surface area (Å²) in [6.45, 7) is 6.22. The standard InChI is InChI=1S/C33H43N5O5/c1-23(2)21-27(36-33(41)38-17-19-42-20-18-38)31(40)34-26(16-15-24-11-7-5-8-12-24)29(39)30-28(22-37(3)4)35-32(43-30)25-13-9-6-10-14-25/h5-14,23,26-27H,15-22H2,1-4H3,(H,34,40)(H,36,41). The number of nitrogens with one attached hydrogen (secondary N) is 2. The summed E-state index contributed by atoms with van der Waals surface area (Å²) >= 11 is 0. The quantitative estimate of drug-likeness (QED) is 0.288. The monoisotopic (exact) mass is 589 g/mol. The average Bonchev–Trinajstić information content (AvgIpc) is 3.42. The van der Waals surface area contributed by atoms with Crippen molar-refractivity contribution >= 4 is 17.7 Å². The second kappa shape index (κ2) is 15.5. The molecule has 2 aromatic carbocycles. The molecule has 0 saturated carbocycles. The minimum absolute atomic E-state index is 0.128. The van der Waals surface area contributed by atoms with Gasteiger partial charge in [0.05, 0.1) is 19.3 Å². The number of Topliss-reactive ketones (excluding diaryl/α,β-unsaturated/α-hetero) is 1. The van der Waals surface area contributed by atoms with Gasteiger partial charge in [-0.15, -0.1) is 0 Å². The lowest BCUT2D eigenvalue weighted by Gasteiger charge is -2.30. The van der Waals surface area contributed by atoms with E-state index >= 15 is 0 Å². The van der Waals surface area contributed by atoms with E-state index in [1.807, 2.05) is 93.5 Å². The predicted molar refractivity (Wildman–Crippen MR) is 165 cm³/mol. The van der Waals surface area contributed by atoms with E-state index in [-0.39, 0.29) is 23.5 Å². The zero-order valence-corrected chi connectivity index (χ0v) is 25.5. The van der Waals surface area contributed by atoms with E-state index in [9.17, 15) is 14.4 Å². The SMILES string of the molecule is CC(C)CC(NC(=O)N1CCOCC1)C(=O)NC(CCc1ccccc1)C(=O)c1oc(-c2ccccc2)nc1CN(C)C. The fourth-order valence-electron chi connectivity index (χ4n) is 5.02. The molecule has 0 spiro atoms. The molecule has 1 aliphatic heterocycles. The summed E-state index contributed by atoms with van der Waals surface area (Å²) in [6, 6.07) is 17.2. The van der Waals surface area contributed by atoms with E-state index in [0.717, 1.165) is 11.1 Å². The number of amides is 3. The van der Waals surface area contributed by atoms with Gasteiger partial charge in [0.25, 0.3) is 0 Å². The molecule has 43 heavy (non-hydrogen) atoms. The third-order valence-electron chi connectivity index (χ3n) is 7.22. The fourth-order valence-corrected chi connectivity index (χ4v) is 5.02. The number of carbonyl (C=O) groups is 3. The Balaban J connectivity index is 1.61. The van der Waals surface area contributed by atoms with Gasteiger partial charge in [-0.25, -0.2) is 9.78 Å². The van der Waals surface area contributed by atoms with Crippen LogP contribution in [0.1, 0.15) is 48.5 Å². The minimum Gasteiger partial charge on any atom is -0.433 e. The molecule has 0 bridgehead atoms. The van der Waals surface area contributed by atoms with Crippen molar-refractivity contribution in [2.45, 2.75) is 51.7 Å². The van der Waals surface area contributed by atoms with Crippen molar-refractivity contribution in [2.75, 3.05) is 40.4 Å². The molecule has 1 aliphatic rings. The molecule has 10 heteroatoms. The van der Waals surface area contributed by atoms with Gasteiger partial charge in [-0.2, -0.15) is 0 Å². The first-order valence-electron chi connectivity index (χ1n) is 14.9. The van der Waals surface area contributed by atoms with Gasteiger partial charge in [0.15, 0.2) is 5.76 Å². The Bertz CT molecular complexity index is 1340. The van der Waals surface area contributed by atoms with Crippen molar-refractivity contribution < 1.29 is 23.5 Å². The van der Waals surface area contributed by atoms with Gasteiger partial charge in [-0.3, -0.25) is 9.59 Å². The summed E-state index contributed by atoms with van der Waals surface area (Å²) in [7, 11) is 3.79. The summed E-state index contributed by atoms with van der Waals surface area (Å²) in [5.74, 6) is -0.140. The van der Waals surface area contributed by atoms with Crippen LogP contribution in [-0.4, -0.2) is 85.0 Å². The maximum atomic E-state index is 14.2. The van der Waals surface area contributed by atoms with Gasteiger partial charge in [0.1, 0.15) is 11.7 Å². The van der Waals surface area contributed by atoms with Crippen LogP contribution in [0.3, 0.4) is 0 Å². The molecule has 230 valence electrons. The number of aromatic nitrogens is 1. The molecule has 2 atom stereocenters. The van der Waals surface area contributed by atoms with Crippen molar-refractivity contribution in [2.24, 2.45) is 5.92 Å². The number of rotatable bonds is 13. The highest BCUT2D eigenvalue weighted by Crippen LogP contribution is 2.25. The van der Waals surface area contributed by atoms with Crippen LogP contribution >= 0.6 is 0 Å². The molecule has 0 radical (unpaired) electrons. The number of urea groups is 1. The number of nitrogens with zero attached hydrogens (tertiary/aromatic N) is 3. The van der Waals surface area contributed by atoms with Crippen molar-refractivity contribution in [1.82, 2.24) is 25.4 Å². The topological polar surface area (TPSA) is 117 Å². The van der Waals surface area contributed by atoms with Crippen LogP contribution in [0.4, 0.5) is 4.79 Å². The number of carbonyl (C=O) groups excluding carboxylic acids is 3. The molecule has 3 amide bonds. The summed E-state index contributed by atoms with van der Waals surface area (Å²) in [5, 5.41) is 5.89. The van der Waals surface area contributed by atoms with Crippen LogP contribution in [0.2, 0.25) is 0 Å². The zero-order valence-electron chi connectivity index (χ0n) is 25.5. The fraction of sp³-hybridized carbons (Fsp3) is 0.455. The van der Waals surface area contributed by atoms with Gasteiger partial charge in [0, 0.05) is 25.2 Å². The van der Waals surface area contributed by atoms with Crippen LogP contribution in [0.15, 0.2) is 65.1 Å². The van der Waals surface area contributed by atoms with Gasteiger partial charge < -0.3 is 29.6 Å². The average molecular weight is 590 g/mol.